The SMILES string of the molecule is CCC1(C)COc2c(C(C)C)c(-c3ccc(NC(C)C)nc3)nn2C1. The van der Waals surface area contributed by atoms with E-state index in [-0.39, 0.29) is 5.41 Å². The average molecular weight is 342 g/mol. The number of pyridine rings is 1. The average Bonchev–Trinajstić information content (AvgIpc) is 2.93. The third kappa shape index (κ3) is 3.51. The van der Waals surface area contributed by atoms with Gasteiger partial charge in [-0.3, -0.25) is 0 Å². The van der Waals surface area contributed by atoms with Gasteiger partial charge in [0.25, 0.3) is 0 Å². The topological polar surface area (TPSA) is 52.0 Å². The Bertz CT molecular complexity index is 733. The summed E-state index contributed by atoms with van der Waals surface area (Å²) in [6, 6.07) is 4.48. The van der Waals surface area contributed by atoms with Crippen LogP contribution >= 0.6 is 0 Å². The van der Waals surface area contributed by atoms with E-state index in [4.69, 9.17) is 9.84 Å². The molecule has 136 valence electrons. The largest absolute Gasteiger partial charge is 0.477 e. The Labute approximate surface area is 150 Å². The van der Waals surface area contributed by atoms with E-state index in [1.165, 1.54) is 5.56 Å². The number of hydrogen-bond acceptors (Lipinski definition) is 4. The molecule has 25 heavy (non-hydrogen) atoms. The highest BCUT2D eigenvalue weighted by Crippen LogP contribution is 2.41. The van der Waals surface area contributed by atoms with Crippen molar-refractivity contribution in [2.45, 2.75) is 66.5 Å². The van der Waals surface area contributed by atoms with E-state index in [9.17, 15) is 0 Å². The van der Waals surface area contributed by atoms with Crippen LogP contribution in [-0.4, -0.2) is 27.4 Å². The zero-order chi connectivity index (χ0) is 18.2. The van der Waals surface area contributed by atoms with Gasteiger partial charge in [0.15, 0.2) is 0 Å². The van der Waals surface area contributed by atoms with Gasteiger partial charge in [-0.2, -0.15) is 5.10 Å². The Balaban J connectivity index is 1.99. The summed E-state index contributed by atoms with van der Waals surface area (Å²) in [5.74, 6) is 2.17. The van der Waals surface area contributed by atoms with Gasteiger partial charge < -0.3 is 10.1 Å². The first kappa shape index (κ1) is 17.8. The lowest BCUT2D eigenvalue weighted by molar-refractivity contribution is 0.0800. The maximum absolute atomic E-state index is 6.17. The van der Waals surface area contributed by atoms with Crippen LogP contribution in [0, 0.1) is 5.41 Å². The highest BCUT2D eigenvalue weighted by Gasteiger charge is 2.34. The van der Waals surface area contributed by atoms with E-state index in [2.05, 4.69) is 62.6 Å². The fourth-order valence-corrected chi connectivity index (χ4v) is 3.23. The predicted octanol–water partition coefficient (Wildman–Crippen LogP) is 4.70. The molecule has 0 fully saturated rings. The quantitative estimate of drug-likeness (QED) is 0.856. The van der Waals surface area contributed by atoms with Crippen LogP contribution in [0.3, 0.4) is 0 Å². The Hall–Kier alpha value is -2.04. The van der Waals surface area contributed by atoms with Gasteiger partial charge in [0.1, 0.15) is 11.5 Å². The summed E-state index contributed by atoms with van der Waals surface area (Å²) in [5, 5.41) is 8.23. The Morgan fingerprint density at radius 1 is 1.28 bits per heavy atom. The molecule has 2 aromatic rings. The first-order chi connectivity index (χ1) is 11.8. The van der Waals surface area contributed by atoms with Gasteiger partial charge in [-0.1, -0.05) is 27.7 Å². The molecule has 0 aliphatic carbocycles. The number of nitrogens with one attached hydrogen (secondary N) is 1. The molecule has 1 N–H and O–H groups in total. The molecule has 3 rings (SSSR count). The van der Waals surface area contributed by atoms with Crippen molar-refractivity contribution >= 4 is 5.82 Å². The maximum atomic E-state index is 6.17. The molecule has 0 bridgehead atoms. The standard InChI is InChI=1S/C20H30N4O/c1-7-20(6)11-24-19(25-12-20)17(13(2)3)18(23-24)15-8-9-16(21-10-15)22-14(4)5/h8-10,13-14H,7,11-12H2,1-6H3,(H,21,22). The van der Waals surface area contributed by atoms with E-state index in [1.807, 2.05) is 12.3 Å². The van der Waals surface area contributed by atoms with Crippen molar-refractivity contribution in [2.75, 3.05) is 11.9 Å². The van der Waals surface area contributed by atoms with Crippen LogP contribution in [0.1, 0.15) is 59.4 Å². The molecule has 0 amide bonds. The highest BCUT2D eigenvalue weighted by atomic mass is 16.5. The minimum atomic E-state index is 0.147. The summed E-state index contributed by atoms with van der Waals surface area (Å²) < 4.78 is 8.22. The van der Waals surface area contributed by atoms with Crippen molar-refractivity contribution in [3.05, 3.63) is 23.9 Å². The van der Waals surface area contributed by atoms with Crippen LogP contribution in [0.2, 0.25) is 0 Å². The second kappa shape index (κ2) is 6.70. The van der Waals surface area contributed by atoms with Crippen molar-refractivity contribution in [3.63, 3.8) is 0 Å². The number of ether oxygens (including phenoxy) is 1. The molecule has 1 aliphatic rings. The van der Waals surface area contributed by atoms with E-state index < -0.39 is 0 Å². The summed E-state index contributed by atoms with van der Waals surface area (Å²) in [6.45, 7) is 14.7. The smallest absolute Gasteiger partial charge is 0.215 e. The molecule has 1 unspecified atom stereocenters. The van der Waals surface area contributed by atoms with Crippen molar-refractivity contribution < 1.29 is 4.74 Å². The molecule has 0 radical (unpaired) electrons. The monoisotopic (exact) mass is 342 g/mol. The molecule has 0 saturated carbocycles. The van der Waals surface area contributed by atoms with Gasteiger partial charge in [-0.25, -0.2) is 9.67 Å². The van der Waals surface area contributed by atoms with E-state index >= 15 is 0 Å². The first-order valence-corrected chi connectivity index (χ1v) is 9.29. The number of hydrogen-bond donors (Lipinski definition) is 1. The van der Waals surface area contributed by atoms with E-state index in [0.717, 1.165) is 42.5 Å². The van der Waals surface area contributed by atoms with Crippen LogP contribution in [0.15, 0.2) is 18.3 Å². The Morgan fingerprint density at radius 3 is 2.60 bits per heavy atom. The fraction of sp³-hybridized carbons (Fsp3) is 0.600. The summed E-state index contributed by atoms with van der Waals surface area (Å²) in [5.41, 5.74) is 3.37. The minimum absolute atomic E-state index is 0.147. The van der Waals surface area contributed by atoms with E-state index in [1.54, 1.807) is 0 Å². The molecule has 1 aliphatic heterocycles. The molecular formula is C20H30N4O. The number of rotatable bonds is 5. The summed E-state index contributed by atoms with van der Waals surface area (Å²) in [6.07, 6.45) is 2.99. The van der Waals surface area contributed by atoms with Crippen molar-refractivity contribution in [3.8, 4) is 17.1 Å². The van der Waals surface area contributed by atoms with Crippen molar-refractivity contribution in [2.24, 2.45) is 5.41 Å². The summed E-state index contributed by atoms with van der Waals surface area (Å²) in [4.78, 5) is 4.55. The van der Waals surface area contributed by atoms with Gasteiger partial charge in [-0.15, -0.1) is 0 Å². The normalized spacial score (nSPS) is 19.8. The fourth-order valence-electron chi connectivity index (χ4n) is 3.23. The third-order valence-corrected chi connectivity index (χ3v) is 4.93. The molecule has 0 saturated heterocycles. The molecule has 0 spiro atoms. The predicted molar refractivity (Wildman–Crippen MR) is 102 cm³/mol. The van der Waals surface area contributed by atoms with Gasteiger partial charge in [-0.05, 0) is 38.3 Å². The lowest BCUT2D eigenvalue weighted by atomic mass is 9.88. The van der Waals surface area contributed by atoms with Gasteiger partial charge >= 0.3 is 0 Å². The Morgan fingerprint density at radius 2 is 2.04 bits per heavy atom. The van der Waals surface area contributed by atoms with Gasteiger partial charge in [0.2, 0.25) is 5.88 Å². The number of fused-ring (bicyclic) bond motifs is 1. The second-order valence-electron chi connectivity index (χ2n) is 8.06. The van der Waals surface area contributed by atoms with Crippen LogP contribution < -0.4 is 10.1 Å². The lowest BCUT2D eigenvalue weighted by Crippen LogP contribution is -2.35. The number of nitrogens with zero attached hydrogens (tertiary/aromatic N) is 3. The minimum Gasteiger partial charge on any atom is -0.477 e. The molecule has 3 heterocycles. The molecule has 1 atom stereocenters. The zero-order valence-electron chi connectivity index (χ0n) is 16.3. The first-order valence-electron chi connectivity index (χ1n) is 9.29. The number of aromatic nitrogens is 3. The zero-order valence-corrected chi connectivity index (χ0v) is 16.3. The van der Waals surface area contributed by atoms with Crippen LogP contribution in [0.25, 0.3) is 11.3 Å². The van der Waals surface area contributed by atoms with Gasteiger partial charge in [0.05, 0.1) is 13.2 Å². The molecule has 2 aromatic heterocycles. The molecular weight excluding hydrogens is 312 g/mol. The summed E-state index contributed by atoms with van der Waals surface area (Å²) in [7, 11) is 0. The maximum Gasteiger partial charge on any atom is 0.215 e. The van der Waals surface area contributed by atoms with E-state index in [0.29, 0.717) is 12.0 Å². The second-order valence-corrected chi connectivity index (χ2v) is 8.06. The Kier molecular flexibility index (Phi) is 4.76. The highest BCUT2D eigenvalue weighted by molar-refractivity contribution is 5.66. The molecule has 0 aromatic carbocycles. The third-order valence-electron chi connectivity index (χ3n) is 4.93. The van der Waals surface area contributed by atoms with Crippen LogP contribution in [0.4, 0.5) is 5.82 Å². The molecule has 5 heteroatoms. The van der Waals surface area contributed by atoms with Crippen LogP contribution in [-0.2, 0) is 6.54 Å². The van der Waals surface area contributed by atoms with Crippen molar-refractivity contribution in [1.29, 1.82) is 0 Å². The van der Waals surface area contributed by atoms with Crippen LogP contribution in [0.5, 0.6) is 5.88 Å². The summed E-state index contributed by atoms with van der Waals surface area (Å²) >= 11 is 0. The molecule has 5 nitrogen and oxygen atoms in total. The van der Waals surface area contributed by atoms with Gasteiger partial charge in [0, 0.05) is 28.8 Å². The van der Waals surface area contributed by atoms with Crippen molar-refractivity contribution in [1.82, 2.24) is 14.8 Å². The number of anilines is 1. The lowest BCUT2D eigenvalue weighted by Gasteiger charge is -2.33.